The normalized spacial score (nSPS) is 12.2. The first-order chi connectivity index (χ1) is 7.09. The summed E-state index contributed by atoms with van der Waals surface area (Å²) in [5.41, 5.74) is 6.51. The summed E-state index contributed by atoms with van der Waals surface area (Å²) in [7, 11) is 0. The first-order valence-electron chi connectivity index (χ1n) is 4.87. The van der Waals surface area contributed by atoms with E-state index in [1.165, 1.54) is 0 Å². The van der Waals surface area contributed by atoms with Crippen LogP contribution in [0.2, 0.25) is 5.02 Å². The van der Waals surface area contributed by atoms with E-state index in [9.17, 15) is 4.79 Å². The van der Waals surface area contributed by atoms with Crippen molar-refractivity contribution in [3.8, 4) is 0 Å². The molecule has 0 heterocycles. The molecule has 0 aliphatic heterocycles. The van der Waals surface area contributed by atoms with Gasteiger partial charge < -0.3 is 11.1 Å². The van der Waals surface area contributed by atoms with Crippen molar-refractivity contribution >= 4 is 17.5 Å². The zero-order chi connectivity index (χ0) is 11.3. The number of rotatable bonds is 4. The van der Waals surface area contributed by atoms with Gasteiger partial charge >= 0.3 is 0 Å². The van der Waals surface area contributed by atoms with E-state index in [0.717, 1.165) is 12.0 Å². The van der Waals surface area contributed by atoms with Crippen LogP contribution in [0.4, 0.5) is 0 Å². The summed E-state index contributed by atoms with van der Waals surface area (Å²) in [6, 6.07) is 7.13. The maximum Gasteiger partial charge on any atom is 0.236 e. The average molecular weight is 227 g/mol. The van der Waals surface area contributed by atoms with Gasteiger partial charge in [0.15, 0.2) is 0 Å². The monoisotopic (exact) mass is 226 g/mol. The molecule has 1 rings (SSSR count). The number of hydrogen-bond acceptors (Lipinski definition) is 2. The number of carbonyl (C=O) groups excluding carboxylic acids is 1. The highest BCUT2D eigenvalue weighted by Gasteiger charge is 2.05. The largest absolute Gasteiger partial charge is 0.354 e. The Morgan fingerprint density at radius 3 is 2.93 bits per heavy atom. The van der Waals surface area contributed by atoms with Crippen LogP contribution in [-0.4, -0.2) is 18.5 Å². The van der Waals surface area contributed by atoms with Crippen LogP contribution in [0.15, 0.2) is 24.3 Å². The van der Waals surface area contributed by atoms with Crippen molar-refractivity contribution in [3.05, 3.63) is 34.9 Å². The Balaban J connectivity index is 2.35. The van der Waals surface area contributed by atoms with E-state index >= 15 is 0 Å². The van der Waals surface area contributed by atoms with Gasteiger partial charge in [-0.2, -0.15) is 0 Å². The van der Waals surface area contributed by atoms with Crippen molar-refractivity contribution < 1.29 is 4.79 Å². The second-order valence-electron chi connectivity index (χ2n) is 3.46. The molecule has 1 aromatic carbocycles. The molecule has 0 aliphatic rings. The van der Waals surface area contributed by atoms with Gasteiger partial charge in [-0.25, -0.2) is 0 Å². The van der Waals surface area contributed by atoms with Crippen LogP contribution in [0.25, 0.3) is 0 Å². The van der Waals surface area contributed by atoms with E-state index in [1.54, 1.807) is 6.92 Å². The third-order valence-electron chi connectivity index (χ3n) is 2.02. The van der Waals surface area contributed by atoms with Crippen LogP contribution in [0, 0.1) is 0 Å². The molecule has 0 bridgehead atoms. The third kappa shape index (κ3) is 4.32. The van der Waals surface area contributed by atoms with Gasteiger partial charge in [-0.05, 0) is 31.0 Å². The molecule has 1 aromatic rings. The number of hydrogen-bond donors (Lipinski definition) is 2. The highest BCUT2D eigenvalue weighted by atomic mass is 35.5. The predicted octanol–water partition coefficient (Wildman–Crippen LogP) is 1.35. The van der Waals surface area contributed by atoms with Crippen molar-refractivity contribution in [1.82, 2.24) is 5.32 Å². The molecule has 3 nitrogen and oxygen atoms in total. The highest BCUT2D eigenvalue weighted by Crippen LogP contribution is 2.10. The van der Waals surface area contributed by atoms with Crippen molar-refractivity contribution in [2.45, 2.75) is 19.4 Å². The second-order valence-corrected chi connectivity index (χ2v) is 3.90. The molecule has 1 unspecified atom stereocenters. The fourth-order valence-electron chi connectivity index (χ4n) is 1.18. The van der Waals surface area contributed by atoms with E-state index < -0.39 is 6.04 Å². The predicted molar refractivity (Wildman–Crippen MR) is 61.8 cm³/mol. The number of nitrogens with two attached hydrogens (primary N) is 1. The number of carbonyl (C=O) groups is 1. The number of amides is 1. The minimum atomic E-state index is -0.454. The smallest absolute Gasteiger partial charge is 0.236 e. The third-order valence-corrected chi connectivity index (χ3v) is 2.25. The van der Waals surface area contributed by atoms with Crippen molar-refractivity contribution in [1.29, 1.82) is 0 Å². The summed E-state index contributed by atoms with van der Waals surface area (Å²) in [6.45, 7) is 2.25. The maximum absolute atomic E-state index is 11.1. The van der Waals surface area contributed by atoms with Gasteiger partial charge in [-0.1, -0.05) is 23.7 Å². The molecule has 0 saturated carbocycles. The van der Waals surface area contributed by atoms with Gasteiger partial charge in [0.05, 0.1) is 6.04 Å². The minimum Gasteiger partial charge on any atom is -0.354 e. The molecular formula is C11H15ClN2O. The van der Waals surface area contributed by atoms with E-state index in [2.05, 4.69) is 5.32 Å². The lowest BCUT2D eigenvalue weighted by atomic mass is 10.1. The molecule has 0 saturated heterocycles. The summed E-state index contributed by atoms with van der Waals surface area (Å²) in [4.78, 5) is 11.1. The Morgan fingerprint density at radius 1 is 1.60 bits per heavy atom. The lowest BCUT2D eigenvalue weighted by Gasteiger charge is -2.07. The second kappa shape index (κ2) is 5.73. The lowest BCUT2D eigenvalue weighted by molar-refractivity contribution is -0.121. The summed E-state index contributed by atoms with van der Waals surface area (Å²) < 4.78 is 0. The summed E-state index contributed by atoms with van der Waals surface area (Å²) in [6.07, 6.45) is 0.763. The highest BCUT2D eigenvalue weighted by molar-refractivity contribution is 6.30. The van der Waals surface area contributed by atoms with E-state index in [0.29, 0.717) is 11.6 Å². The Labute approximate surface area is 94.6 Å². The van der Waals surface area contributed by atoms with Crippen LogP contribution in [0.1, 0.15) is 12.5 Å². The molecular weight excluding hydrogens is 212 g/mol. The standard InChI is InChI=1S/C11H15ClN2O/c1-8(13)11(15)14-6-5-9-3-2-4-10(12)7-9/h2-4,7-8H,5-6,13H2,1H3,(H,14,15). The van der Waals surface area contributed by atoms with E-state index in [1.807, 2.05) is 24.3 Å². The summed E-state index contributed by atoms with van der Waals surface area (Å²) in [5.74, 6) is -0.128. The van der Waals surface area contributed by atoms with Crippen LogP contribution >= 0.6 is 11.6 Å². The first kappa shape index (κ1) is 12.0. The summed E-state index contributed by atoms with van der Waals surface area (Å²) >= 11 is 5.83. The van der Waals surface area contributed by atoms with Crippen molar-refractivity contribution in [3.63, 3.8) is 0 Å². The fraction of sp³-hybridized carbons (Fsp3) is 0.364. The van der Waals surface area contributed by atoms with E-state index in [-0.39, 0.29) is 5.91 Å². The van der Waals surface area contributed by atoms with Gasteiger partial charge in [-0.3, -0.25) is 4.79 Å². The van der Waals surface area contributed by atoms with Gasteiger partial charge in [0.2, 0.25) is 5.91 Å². The van der Waals surface area contributed by atoms with Gasteiger partial charge in [0, 0.05) is 11.6 Å². The molecule has 0 spiro atoms. The minimum absolute atomic E-state index is 0.128. The molecule has 3 N–H and O–H groups in total. The van der Waals surface area contributed by atoms with Gasteiger partial charge in [-0.15, -0.1) is 0 Å². The number of nitrogens with one attached hydrogen (secondary N) is 1. The quantitative estimate of drug-likeness (QED) is 0.814. The Morgan fingerprint density at radius 2 is 2.33 bits per heavy atom. The molecule has 0 aliphatic carbocycles. The SMILES string of the molecule is CC(N)C(=O)NCCc1cccc(Cl)c1. The van der Waals surface area contributed by atoms with Crippen LogP contribution in [-0.2, 0) is 11.2 Å². The fourth-order valence-corrected chi connectivity index (χ4v) is 1.40. The number of benzene rings is 1. The zero-order valence-electron chi connectivity index (χ0n) is 8.66. The van der Waals surface area contributed by atoms with Crippen molar-refractivity contribution in [2.75, 3.05) is 6.54 Å². The Bertz CT molecular complexity index is 339. The number of halogens is 1. The topological polar surface area (TPSA) is 55.1 Å². The van der Waals surface area contributed by atoms with Crippen LogP contribution in [0.5, 0.6) is 0 Å². The molecule has 0 radical (unpaired) electrons. The van der Waals surface area contributed by atoms with Gasteiger partial charge in [0.1, 0.15) is 0 Å². The van der Waals surface area contributed by atoms with E-state index in [4.69, 9.17) is 17.3 Å². The molecule has 4 heteroatoms. The Hall–Kier alpha value is -1.06. The van der Waals surface area contributed by atoms with Gasteiger partial charge in [0.25, 0.3) is 0 Å². The molecule has 15 heavy (non-hydrogen) atoms. The summed E-state index contributed by atoms with van der Waals surface area (Å²) in [5, 5.41) is 3.46. The molecule has 1 amide bonds. The molecule has 82 valence electrons. The van der Waals surface area contributed by atoms with Crippen LogP contribution < -0.4 is 11.1 Å². The Kier molecular flexibility index (Phi) is 4.59. The molecule has 0 aromatic heterocycles. The maximum atomic E-state index is 11.1. The first-order valence-corrected chi connectivity index (χ1v) is 5.25. The van der Waals surface area contributed by atoms with Crippen LogP contribution in [0.3, 0.4) is 0 Å². The van der Waals surface area contributed by atoms with Crippen molar-refractivity contribution in [2.24, 2.45) is 5.73 Å². The lowest BCUT2D eigenvalue weighted by Crippen LogP contribution is -2.39. The average Bonchev–Trinajstić information content (AvgIpc) is 2.17. The molecule has 1 atom stereocenters. The zero-order valence-corrected chi connectivity index (χ0v) is 9.42. The molecule has 0 fully saturated rings.